The smallest absolute Gasteiger partial charge is 0.231 e. The third-order valence-electron chi connectivity index (χ3n) is 6.25. The van der Waals surface area contributed by atoms with Crippen LogP contribution in [0.2, 0.25) is 0 Å². The Bertz CT molecular complexity index is 1020. The van der Waals surface area contributed by atoms with Crippen LogP contribution >= 0.6 is 11.3 Å². The zero-order valence-corrected chi connectivity index (χ0v) is 23.5. The van der Waals surface area contributed by atoms with Crippen LogP contribution in [0.15, 0.2) is 53.5 Å². The van der Waals surface area contributed by atoms with Crippen LogP contribution in [0, 0.1) is 0 Å². The van der Waals surface area contributed by atoms with Crippen LogP contribution < -0.4 is 9.47 Å². The lowest BCUT2D eigenvalue weighted by molar-refractivity contribution is 0.304. The van der Waals surface area contributed by atoms with Crippen molar-refractivity contribution < 1.29 is 9.47 Å². The molecule has 0 aliphatic carbocycles. The first-order valence-corrected chi connectivity index (χ1v) is 14.9. The number of hydrogen-bond acceptors (Lipinski definition) is 6. The van der Waals surface area contributed by atoms with E-state index in [1.165, 1.54) is 75.5 Å². The lowest BCUT2D eigenvalue weighted by Crippen LogP contribution is -1.97. The Labute approximate surface area is 227 Å². The van der Waals surface area contributed by atoms with Crippen molar-refractivity contribution in [1.29, 1.82) is 0 Å². The molecule has 0 saturated carbocycles. The molecule has 37 heavy (non-hydrogen) atoms. The van der Waals surface area contributed by atoms with E-state index in [2.05, 4.69) is 29.0 Å². The monoisotopic (exact) mass is 521 g/mol. The zero-order valence-electron chi connectivity index (χ0n) is 22.7. The lowest BCUT2D eigenvalue weighted by atomic mass is 10.1. The highest BCUT2D eigenvalue weighted by atomic mass is 32.1. The molecular weight excluding hydrogens is 478 g/mol. The highest BCUT2D eigenvalue weighted by Crippen LogP contribution is 2.29. The fourth-order valence-corrected chi connectivity index (χ4v) is 4.70. The highest BCUT2D eigenvalue weighted by Gasteiger charge is 2.06. The Morgan fingerprint density at radius 1 is 0.649 bits per heavy atom. The lowest BCUT2D eigenvalue weighted by Gasteiger charge is -2.06. The van der Waals surface area contributed by atoms with Crippen molar-refractivity contribution in [3.05, 3.63) is 54.1 Å². The molecule has 0 radical (unpaired) electrons. The third kappa shape index (κ3) is 11.5. The second-order valence-electron chi connectivity index (χ2n) is 9.47. The van der Waals surface area contributed by atoms with Gasteiger partial charge in [-0.1, -0.05) is 89.4 Å². The first-order chi connectivity index (χ1) is 18.3. The maximum atomic E-state index is 5.88. The molecule has 0 amide bonds. The van der Waals surface area contributed by atoms with Gasteiger partial charge in [0.2, 0.25) is 5.13 Å². The van der Waals surface area contributed by atoms with Gasteiger partial charge >= 0.3 is 0 Å². The van der Waals surface area contributed by atoms with Gasteiger partial charge in [0.05, 0.1) is 13.2 Å². The van der Waals surface area contributed by atoms with Gasteiger partial charge in [-0.2, -0.15) is 0 Å². The van der Waals surface area contributed by atoms with Crippen LogP contribution in [0.25, 0.3) is 10.6 Å². The summed E-state index contributed by atoms with van der Waals surface area (Å²) in [4.78, 5) is 4.51. The summed E-state index contributed by atoms with van der Waals surface area (Å²) in [6.07, 6.45) is 17.0. The number of unbranched alkanes of at least 4 members (excludes halogenated alkanes) is 10. The average molecular weight is 522 g/mol. The molecule has 6 heteroatoms. The number of hydrogen-bond donors (Lipinski definition) is 0. The Hall–Kier alpha value is -2.73. The summed E-state index contributed by atoms with van der Waals surface area (Å²) in [5.41, 5.74) is 2.04. The highest BCUT2D eigenvalue weighted by molar-refractivity contribution is 7.18. The van der Waals surface area contributed by atoms with Crippen molar-refractivity contribution in [3.63, 3.8) is 0 Å². The summed E-state index contributed by atoms with van der Waals surface area (Å²) in [5, 5.41) is 10.0. The molecule has 0 saturated heterocycles. The molecule has 1 heterocycles. The molecule has 0 spiro atoms. The number of rotatable bonds is 19. The second kappa shape index (κ2) is 17.7. The first kappa shape index (κ1) is 28.8. The van der Waals surface area contributed by atoms with Gasteiger partial charge in [-0.3, -0.25) is 0 Å². The quantitative estimate of drug-likeness (QED) is 0.116. The standard InChI is InChI=1S/C31H43N3O2S/c1-3-5-7-9-11-13-23-35-28-19-15-26(16-20-28)25-32-31-34-33-30(37-31)27-17-21-29(22-18-27)36-24-14-12-10-8-6-4-2/h15-22,25H,3-14,23-24H2,1-2H3/b32-25+. The molecule has 2 aromatic carbocycles. The summed E-state index contributed by atoms with van der Waals surface area (Å²) < 4.78 is 11.7. The van der Waals surface area contributed by atoms with E-state index in [4.69, 9.17) is 9.47 Å². The number of benzene rings is 2. The van der Waals surface area contributed by atoms with Crippen LogP contribution in [0.3, 0.4) is 0 Å². The molecule has 5 nitrogen and oxygen atoms in total. The van der Waals surface area contributed by atoms with Crippen molar-refractivity contribution in [3.8, 4) is 22.1 Å². The van der Waals surface area contributed by atoms with Crippen LogP contribution in [-0.4, -0.2) is 29.6 Å². The molecule has 1 aromatic heterocycles. The fraction of sp³-hybridized carbons (Fsp3) is 0.516. The van der Waals surface area contributed by atoms with E-state index in [9.17, 15) is 0 Å². The zero-order chi connectivity index (χ0) is 26.0. The molecule has 200 valence electrons. The van der Waals surface area contributed by atoms with Gasteiger partial charge in [-0.25, -0.2) is 4.99 Å². The van der Waals surface area contributed by atoms with Gasteiger partial charge in [-0.15, -0.1) is 10.2 Å². The van der Waals surface area contributed by atoms with E-state index in [1.807, 2.05) is 54.7 Å². The molecule has 3 rings (SSSR count). The van der Waals surface area contributed by atoms with Crippen molar-refractivity contribution in [2.75, 3.05) is 13.2 Å². The maximum absolute atomic E-state index is 5.88. The van der Waals surface area contributed by atoms with Crippen LogP contribution in [0.4, 0.5) is 5.13 Å². The predicted octanol–water partition coefficient (Wildman–Crippen LogP) is 9.43. The molecular formula is C31H43N3O2S. The summed E-state index contributed by atoms with van der Waals surface area (Å²) in [7, 11) is 0. The van der Waals surface area contributed by atoms with Gasteiger partial charge in [-0.05, 0) is 66.9 Å². The van der Waals surface area contributed by atoms with E-state index in [-0.39, 0.29) is 0 Å². The largest absolute Gasteiger partial charge is 0.494 e. The molecule has 0 fully saturated rings. The van der Waals surface area contributed by atoms with Gasteiger partial charge in [0, 0.05) is 11.8 Å². The summed E-state index contributed by atoms with van der Waals surface area (Å²) in [6.45, 7) is 6.04. The molecule has 0 aliphatic rings. The molecule has 3 aromatic rings. The number of aliphatic imine (C=N–C) groups is 1. The van der Waals surface area contributed by atoms with E-state index < -0.39 is 0 Å². The molecule has 0 aliphatic heterocycles. The topological polar surface area (TPSA) is 56.6 Å². The van der Waals surface area contributed by atoms with Crippen LogP contribution in [0.1, 0.15) is 96.5 Å². The summed E-state index contributed by atoms with van der Waals surface area (Å²) in [6, 6.07) is 16.1. The number of nitrogens with zero attached hydrogens (tertiary/aromatic N) is 3. The average Bonchev–Trinajstić information content (AvgIpc) is 3.41. The number of ether oxygens (including phenoxy) is 2. The third-order valence-corrected chi connectivity index (χ3v) is 7.13. The number of aromatic nitrogens is 2. The van der Waals surface area contributed by atoms with Crippen molar-refractivity contribution in [2.24, 2.45) is 4.99 Å². The van der Waals surface area contributed by atoms with E-state index in [0.717, 1.165) is 53.7 Å². The van der Waals surface area contributed by atoms with Gasteiger partial charge in [0.25, 0.3) is 0 Å². The fourth-order valence-electron chi connectivity index (χ4n) is 4.00. The van der Waals surface area contributed by atoms with Crippen molar-refractivity contribution in [1.82, 2.24) is 10.2 Å². The van der Waals surface area contributed by atoms with Crippen molar-refractivity contribution in [2.45, 2.75) is 90.9 Å². The summed E-state index contributed by atoms with van der Waals surface area (Å²) >= 11 is 1.48. The van der Waals surface area contributed by atoms with Gasteiger partial charge in [0.15, 0.2) is 0 Å². The Morgan fingerprint density at radius 3 is 1.73 bits per heavy atom. The van der Waals surface area contributed by atoms with E-state index in [0.29, 0.717) is 5.13 Å². The minimum absolute atomic E-state index is 0.641. The van der Waals surface area contributed by atoms with Crippen molar-refractivity contribution >= 4 is 22.7 Å². The first-order valence-electron chi connectivity index (χ1n) is 14.1. The second-order valence-corrected chi connectivity index (χ2v) is 10.4. The predicted molar refractivity (Wildman–Crippen MR) is 157 cm³/mol. The summed E-state index contributed by atoms with van der Waals surface area (Å²) in [5.74, 6) is 1.81. The maximum Gasteiger partial charge on any atom is 0.231 e. The molecule has 0 N–H and O–H groups in total. The normalized spacial score (nSPS) is 11.3. The minimum Gasteiger partial charge on any atom is -0.494 e. The van der Waals surface area contributed by atoms with Crippen LogP contribution in [-0.2, 0) is 0 Å². The molecule has 0 unspecified atom stereocenters. The van der Waals surface area contributed by atoms with Gasteiger partial charge in [0.1, 0.15) is 16.5 Å². The Kier molecular flexibility index (Phi) is 13.8. The minimum atomic E-state index is 0.641. The van der Waals surface area contributed by atoms with Crippen LogP contribution in [0.5, 0.6) is 11.5 Å². The Morgan fingerprint density at radius 2 is 1.16 bits per heavy atom. The van der Waals surface area contributed by atoms with Gasteiger partial charge < -0.3 is 9.47 Å². The SMILES string of the molecule is CCCCCCCCOc1ccc(/C=N/c2nnc(-c3ccc(OCCCCCCCC)cc3)s2)cc1. The van der Waals surface area contributed by atoms with E-state index >= 15 is 0 Å². The Balaban J connectivity index is 1.38. The van der Waals surface area contributed by atoms with E-state index in [1.54, 1.807) is 0 Å². The molecule has 0 bridgehead atoms. The molecule has 0 atom stereocenters.